The van der Waals surface area contributed by atoms with Crippen LogP contribution in [-0.4, -0.2) is 28.9 Å². The van der Waals surface area contributed by atoms with E-state index in [9.17, 15) is 0 Å². The summed E-state index contributed by atoms with van der Waals surface area (Å²) in [5.41, 5.74) is 1.21. The normalized spacial score (nSPS) is 11.9. The maximum atomic E-state index is 8.50. The Bertz CT molecular complexity index is 375. The summed E-state index contributed by atoms with van der Waals surface area (Å²) in [6, 6.07) is 7.45. The quantitative estimate of drug-likeness (QED) is 0.449. The van der Waals surface area contributed by atoms with Crippen LogP contribution in [0, 0.1) is 6.92 Å². The van der Waals surface area contributed by atoms with Gasteiger partial charge in [0.25, 0.3) is 0 Å². The van der Waals surface area contributed by atoms with E-state index in [-0.39, 0.29) is 12.3 Å². The predicted molar refractivity (Wildman–Crippen MR) is 56.2 cm³/mol. The van der Waals surface area contributed by atoms with Gasteiger partial charge in [0.05, 0.1) is 6.21 Å². The van der Waals surface area contributed by atoms with Crippen molar-refractivity contribution in [2.75, 3.05) is 6.61 Å². The Kier molecular flexibility index (Phi) is 4.15. The molecule has 0 aliphatic rings. The lowest BCUT2D eigenvalue weighted by molar-refractivity contribution is 0.306. The van der Waals surface area contributed by atoms with E-state index < -0.39 is 0 Å². The third-order valence-corrected chi connectivity index (χ3v) is 1.71. The molecule has 2 N–H and O–H groups in total. The van der Waals surface area contributed by atoms with E-state index in [1.54, 1.807) is 6.07 Å². The van der Waals surface area contributed by atoms with Crippen LogP contribution < -0.4 is 4.74 Å². The summed E-state index contributed by atoms with van der Waals surface area (Å²) in [4.78, 5) is 0. The zero-order valence-corrected chi connectivity index (χ0v) is 8.29. The number of ether oxygens (including phenoxy) is 1. The van der Waals surface area contributed by atoms with Gasteiger partial charge in [0.15, 0.2) is 0 Å². The van der Waals surface area contributed by atoms with Crippen LogP contribution in [0.5, 0.6) is 5.75 Å². The highest BCUT2D eigenvalue weighted by molar-refractivity contribution is 6.30. The number of hydrogen-bond acceptors (Lipinski definition) is 5. The minimum atomic E-state index is 0.0456. The first-order valence-electron chi connectivity index (χ1n) is 4.34. The van der Waals surface area contributed by atoms with Crippen LogP contribution >= 0.6 is 0 Å². The van der Waals surface area contributed by atoms with Crippen LogP contribution in [-0.2, 0) is 0 Å². The van der Waals surface area contributed by atoms with Gasteiger partial charge in [-0.05, 0) is 24.6 Å². The number of rotatable bonds is 4. The molecular weight excluding hydrogens is 196 g/mol. The Morgan fingerprint density at radius 3 is 2.87 bits per heavy atom. The molecule has 0 aliphatic heterocycles. The van der Waals surface area contributed by atoms with Crippen molar-refractivity contribution in [3.8, 4) is 5.75 Å². The first-order chi connectivity index (χ1) is 7.26. The summed E-state index contributed by atoms with van der Waals surface area (Å²) in [6.07, 6.45) is 1.01. The van der Waals surface area contributed by atoms with Gasteiger partial charge >= 0.3 is 0 Å². The molecule has 0 atom stereocenters. The molecule has 0 bridgehead atoms. The van der Waals surface area contributed by atoms with Crippen molar-refractivity contribution in [3.63, 3.8) is 0 Å². The molecule has 0 aromatic heterocycles. The smallest absolute Gasteiger partial charge is 0.138 e. The molecule has 0 heterocycles. The molecule has 80 valence electrons. The minimum Gasteiger partial charge on any atom is -0.487 e. The van der Waals surface area contributed by atoms with Gasteiger partial charge in [-0.1, -0.05) is 22.4 Å². The van der Waals surface area contributed by atoms with Crippen LogP contribution in [0.3, 0.4) is 0 Å². The molecule has 5 heteroatoms. The van der Waals surface area contributed by atoms with Crippen molar-refractivity contribution in [1.82, 2.24) is 0 Å². The fourth-order valence-electron chi connectivity index (χ4n) is 1.02. The van der Waals surface area contributed by atoms with E-state index in [2.05, 4.69) is 10.3 Å². The van der Waals surface area contributed by atoms with Crippen molar-refractivity contribution >= 4 is 11.9 Å². The fraction of sp³-hybridized carbons (Fsp3) is 0.200. The van der Waals surface area contributed by atoms with Gasteiger partial charge in [-0.3, -0.25) is 0 Å². The Morgan fingerprint density at radius 2 is 2.27 bits per heavy atom. The second-order valence-corrected chi connectivity index (χ2v) is 2.94. The lowest BCUT2D eigenvalue weighted by Gasteiger charge is -2.04. The van der Waals surface area contributed by atoms with Crippen molar-refractivity contribution in [1.29, 1.82) is 0 Å². The first-order valence-corrected chi connectivity index (χ1v) is 4.34. The molecule has 1 rings (SSSR count). The predicted octanol–water partition coefficient (Wildman–Crippen LogP) is 1.66. The average molecular weight is 208 g/mol. The van der Waals surface area contributed by atoms with E-state index in [4.69, 9.17) is 15.2 Å². The molecule has 0 aliphatic carbocycles. The molecule has 15 heavy (non-hydrogen) atoms. The zero-order chi connectivity index (χ0) is 11.1. The molecule has 0 spiro atoms. The van der Waals surface area contributed by atoms with E-state index >= 15 is 0 Å². The molecular formula is C10H12N2O3. The van der Waals surface area contributed by atoms with Crippen LogP contribution in [0.15, 0.2) is 34.6 Å². The number of benzene rings is 1. The Labute approximate surface area is 87.3 Å². The number of oxime groups is 2. The van der Waals surface area contributed by atoms with Gasteiger partial charge in [0, 0.05) is 0 Å². The standard InChI is InChI=1S/C10H12N2O3/c1-8-3-2-4-10(5-8)15-7-9(12-14)6-11-13/h2-6,13-14H,7H2,1H3/b11-6+,12-9+. The maximum Gasteiger partial charge on any atom is 0.138 e. The third-order valence-electron chi connectivity index (χ3n) is 1.71. The van der Waals surface area contributed by atoms with Gasteiger partial charge in [0.2, 0.25) is 0 Å². The molecule has 0 saturated carbocycles. The highest BCUT2D eigenvalue weighted by Crippen LogP contribution is 2.11. The van der Waals surface area contributed by atoms with Crippen molar-refractivity contribution in [2.45, 2.75) is 6.92 Å². The molecule has 0 fully saturated rings. The van der Waals surface area contributed by atoms with Gasteiger partial charge < -0.3 is 15.2 Å². The van der Waals surface area contributed by atoms with Crippen molar-refractivity contribution < 1.29 is 15.2 Å². The van der Waals surface area contributed by atoms with Crippen LogP contribution in [0.4, 0.5) is 0 Å². The van der Waals surface area contributed by atoms with Crippen LogP contribution in [0.1, 0.15) is 5.56 Å². The third kappa shape index (κ3) is 3.68. The van der Waals surface area contributed by atoms with Gasteiger partial charge in [-0.15, -0.1) is 0 Å². The topological polar surface area (TPSA) is 74.4 Å². The summed E-state index contributed by atoms with van der Waals surface area (Å²) in [6.45, 7) is 1.99. The maximum absolute atomic E-state index is 8.50. The Morgan fingerprint density at radius 1 is 1.47 bits per heavy atom. The summed E-state index contributed by atoms with van der Waals surface area (Å²) >= 11 is 0. The molecule has 5 nitrogen and oxygen atoms in total. The Hall–Kier alpha value is -2.04. The molecule has 0 radical (unpaired) electrons. The Balaban J connectivity index is 2.57. The summed E-state index contributed by atoms with van der Waals surface area (Å²) in [5, 5.41) is 22.4. The average Bonchev–Trinajstić information content (AvgIpc) is 2.24. The van der Waals surface area contributed by atoms with E-state index in [0.29, 0.717) is 5.75 Å². The highest BCUT2D eigenvalue weighted by atomic mass is 16.5. The van der Waals surface area contributed by atoms with E-state index in [1.807, 2.05) is 25.1 Å². The lowest BCUT2D eigenvalue weighted by Crippen LogP contribution is -2.12. The van der Waals surface area contributed by atoms with Crippen LogP contribution in [0.2, 0.25) is 0 Å². The highest BCUT2D eigenvalue weighted by Gasteiger charge is 1.99. The monoisotopic (exact) mass is 208 g/mol. The molecule has 0 unspecified atom stereocenters. The minimum absolute atomic E-state index is 0.0456. The number of aryl methyl sites for hydroxylation is 1. The first kappa shape index (κ1) is 11.0. The molecule has 0 amide bonds. The van der Waals surface area contributed by atoms with Crippen molar-refractivity contribution in [2.24, 2.45) is 10.3 Å². The summed E-state index contributed by atoms with van der Waals surface area (Å²) < 4.78 is 5.30. The van der Waals surface area contributed by atoms with E-state index in [1.165, 1.54) is 0 Å². The molecule has 0 saturated heterocycles. The zero-order valence-electron chi connectivity index (χ0n) is 8.29. The second-order valence-electron chi connectivity index (χ2n) is 2.94. The van der Waals surface area contributed by atoms with Gasteiger partial charge in [-0.2, -0.15) is 0 Å². The molecule has 1 aromatic rings. The molecule has 1 aromatic carbocycles. The van der Waals surface area contributed by atoms with Gasteiger partial charge in [-0.25, -0.2) is 0 Å². The van der Waals surface area contributed by atoms with Crippen molar-refractivity contribution in [3.05, 3.63) is 29.8 Å². The van der Waals surface area contributed by atoms with Crippen LogP contribution in [0.25, 0.3) is 0 Å². The summed E-state index contributed by atoms with van der Waals surface area (Å²) in [5.74, 6) is 0.669. The van der Waals surface area contributed by atoms with E-state index in [0.717, 1.165) is 11.8 Å². The number of hydrogen-bond donors (Lipinski definition) is 2. The summed E-state index contributed by atoms with van der Waals surface area (Å²) in [7, 11) is 0. The second kappa shape index (κ2) is 5.64. The lowest BCUT2D eigenvalue weighted by atomic mass is 10.2. The largest absolute Gasteiger partial charge is 0.487 e. The number of nitrogens with zero attached hydrogens (tertiary/aromatic N) is 2. The fourth-order valence-corrected chi connectivity index (χ4v) is 1.02. The SMILES string of the molecule is Cc1cccc(OCC(/C=N/O)=N/O)c1. The van der Waals surface area contributed by atoms with Gasteiger partial charge in [0.1, 0.15) is 18.1 Å².